The highest BCUT2D eigenvalue weighted by molar-refractivity contribution is 6.35. The molecule has 2 amide bonds. The van der Waals surface area contributed by atoms with Crippen LogP contribution in [0.15, 0.2) is 60.8 Å². The zero-order valence-electron chi connectivity index (χ0n) is 17.5. The number of nitrogens with one attached hydrogen (secondary N) is 1. The number of benzene rings is 2. The highest BCUT2D eigenvalue weighted by atomic mass is 35.5. The second-order valence-corrected chi connectivity index (χ2v) is 8.47. The second-order valence-electron chi connectivity index (χ2n) is 7.65. The average molecular weight is 469 g/mol. The number of amides is 2. The smallest absolute Gasteiger partial charge is 0.257 e. The van der Waals surface area contributed by atoms with Crippen LogP contribution in [0.2, 0.25) is 10.0 Å². The molecule has 1 aromatic heterocycles. The maximum absolute atomic E-state index is 12.8. The van der Waals surface area contributed by atoms with Gasteiger partial charge in [-0.3, -0.25) is 14.6 Å². The first kappa shape index (κ1) is 22.3. The van der Waals surface area contributed by atoms with Crippen molar-refractivity contribution in [2.24, 2.45) is 0 Å². The Balaban J connectivity index is 1.50. The number of anilines is 1. The van der Waals surface area contributed by atoms with E-state index in [0.29, 0.717) is 40.6 Å². The summed E-state index contributed by atoms with van der Waals surface area (Å²) in [6, 6.07) is 15.5. The van der Waals surface area contributed by atoms with Crippen LogP contribution in [-0.2, 0) is 0 Å². The van der Waals surface area contributed by atoms with Gasteiger partial charge in [-0.1, -0.05) is 29.3 Å². The Kier molecular flexibility index (Phi) is 6.74. The summed E-state index contributed by atoms with van der Waals surface area (Å²) < 4.78 is 0. The molecule has 0 aliphatic carbocycles. The number of carbonyl (C=O) groups excluding carboxylic acids is 2. The molecule has 0 radical (unpaired) electrons. The number of carbonyl (C=O) groups is 2. The van der Waals surface area contributed by atoms with E-state index in [4.69, 9.17) is 23.2 Å². The zero-order chi connectivity index (χ0) is 22.7. The lowest BCUT2D eigenvalue weighted by atomic mass is 10.1. The summed E-state index contributed by atoms with van der Waals surface area (Å²) in [5.41, 5.74) is 2.74. The Morgan fingerprint density at radius 1 is 0.938 bits per heavy atom. The zero-order valence-corrected chi connectivity index (χ0v) is 19.0. The standard InChI is InChI=1S/C24H22Cl2N4O2/c1-29-10-12-30(13-11-29)24(32)16-5-7-18(21(26)14-16)23(31)28-17-6-8-20(25)19(15-17)22-4-2-3-9-27-22/h2-9,14-15H,10-13H2,1H3,(H,28,31). The van der Waals surface area contributed by atoms with Gasteiger partial charge in [-0.05, 0) is 55.6 Å². The van der Waals surface area contributed by atoms with E-state index in [1.54, 1.807) is 47.5 Å². The summed E-state index contributed by atoms with van der Waals surface area (Å²) in [7, 11) is 2.03. The van der Waals surface area contributed by atoms with Crippen molar-refractivity contribution in [3.63, 3.8) is 0 Å². The molecule has 0 bridgehead atoms. The normalized spacial score (nSPS) is 14.3. The first-order valence-electron chi connectivity index (χ1n) is 10.2. The topological polar surface area (TPSA) is 65.5 Å². The summed E-state index contributed by atoms with van der Waals surface area (Å²) in [5, 5.41) is 3.60. The molecule has 0 unspecified atom stereocenters. The van der Waals surface area contributed by atoms with Gasteiger partial charge in [0.25, 0.3) is 11.8 Å². The lowest BCUT2D eigenvalue weighted by Gasteiger charge is -2.32. The van der Waals surface area contributed by atoms with E-state index in [1.807, 2.05) is 25.2 Å². The van der Waals surface area contributed by atoms with Gasteiger partial charge in [0.05, 0.1) is 21.3 Å². The highest BCUT2D eigenvalue weighted by Crippen LogP contribution is 2.30. The van der Waals surface area contributed by atoms with Gasteiger partial charge >= 0.3 is 0 Å². The van der Waals surface area contributed by atoms with Gasteiger partial charge < -0.3 is 15.1 Å². The first-order chi connectivity index (χ1) is 15.4. The van der Waals surface area contributed by atoms with Crippen LogP contribution in [0.5, 0.6) is 0 Å². The van der Waals surface area contributed by atoms with E-state index >= 15 is 0 Å². The number of hydrogen-bond donors (Lipinski definition) is 1. The SMILES string of the molecule is CN1CCN(C(=O)c2ccc(C(=O)Nc3ccc(Cl)c(-c4ccccn4)c3)c(Cl)c2)CC1. The van der Waals surface area contributed by atoms with E-state index in [0.717, 1.165) is 13.1 Å². The third kappa shape index (κ3) is 4.93. The quantitative estimate of drug-likeness (QED) is 0.602. The molecule has 1 aliphatic heterocycles. The highest BCUT2D eigenvalue weighted by Gasteiger charge is 2.22. The lowest BCUT2D eigenvalue weighted by molar-refractivity contribution is 0.0664. The van der Waals surface area contributed by atoms with Gasteiger partial charge in [-0.25, -0.2) is 0 Å². The maximum atomic E-state index is 12.8. The van der Waals surface area contributed by atoms with Crippen LogP contribution in [0.1, 0.15) is 20.7 Å². The molecular formula is C24H22Cl2N4O2. The molecule has 1 saturated heterocycles. The van der Waals surface area contributed by atoms with Gasteiger partial charge in [0.1, 0.15) is 0 Å². The Hall–Kier alpha value is -2.93. The van der Waals surface area contributed by atoms with E-state index in [1.165, 1.54) is 0 Å². The molecule has 1 aliphatic rings. The van der Waals surface area contributed by atoms with Crippen molar-refractivity contribution in [2.45, 2.75) is 0 Å². The van der Waals surface area contributed by atoms with Crippen molar-refractivity contribution in [3.05, 3.63) is 82.0 Å². The predicted molar refractivity (Wildman–Crippen MR) is 127 cm³/mol. The summed E-state index contributed by atoms with van der Waals surface area (Å²) in [6.07, 6.45) is 1.68. The number of nitrogens with zero attached hydrogens (tertiary/aromatic N) is 3. The average Bonchev–Trinajstić information content (AvgIpc) is 2.80. The monoisotopic (exact) mass is 468 g/mol. The third-order valence-corrected chi connectivity index (χ3v) is 6.06. The fraction of sp³-hybridized carbons (Fsp3) is 0.208. The number of aromatic nitrogens is 1. The van der Waals surface area contributed by atoms with Crippen molar-refractivity contribution in [2.75, 3.05) is 38.5 Å². The molecule has 1 N–H and O–H groups in total. The maximum Gasteiger partial charge on any atom is 0.257 e. The summed E-state index contributed by atoms with van der Waals surface area (Å²) >= 11 is 12.7. The Bertz CT molecular complexity index is 1150. The minimum atomic E-state index is -0.372. The van der Waals surface area contributed by atoms with Crippen molar-refractivity contribution < 1.29 is 9.59 Å². The summed E-state index contributed by atoms with van der Waals surface area (Å²) in [5.74, 6) is -0.451. The van der Waals surface area contributed by atoms with Gasteiger partial charge in [0.2, 0.25) is 0 Å². The fourth-order valence-electron chi connectivity index (χ4n) is 3.54. The van der Waals surface area contributed by atoms with Gasteiger partial charge in [0, 0.05) is 49.2 Å². The Morgan fingerprint density at radius 3 is 2.41 bits per heavy atom. The van der Waals surface area contributed by atoms with Crippen LogP contribution >= 0.6 is 23.2 Å². The van der Waals surface area contributed by atoms with Crippen LogP contribution in [0, 0.1) is 0 Å². The molecule has 164 valence electrons. The number of likely N-dealkylation sites (N-methyl/N-ethyl adjacent to an activating group) is 1. The number of halogens is 2. The molecule has 32 heavy (non-hydrogen) atoms. The Morgan fingerprint density at radius 2 is 1.72 bits per heavy atom. The van der Waals surface area contributed by atoms with Crippen molar-refractivity contribution in [3.8, 4) is 11.3 Å². The number of hydrogen-bond acceptors (Lipinski definition) is 4. The van der Waals surface area contributed by atoms with Crippen molar-refractivity contribution in [1.82, 2.24) is 14.8 Å². The van der Waals surface area contributed by atoms with Crippen molar-refractivity contribution >= 4 is 40.7 Å². The molecule has 0 saturated carbocycles. The molecule has 1 fully saturated rings. The number of pyridine rings is 1. The van der Waals surface area contributed by atoms with Gasteiger partial charge in [-0.2, -0.15) is 0 Å². The van der Waals surface area contributed by atoms with Crippen molar-refractivity contribution in [1.29, 1.82) is 0 Å². The van der Waals surface area contributed by atoms with Crippen LogP contribution < -0.4 is 5.32 Å². The molecule has 3 aromatic rings. The third-order valence-electron chi connectivity index (χ3n) is 5.42. The van der Waals surface area contributed by atoms with Crippen LogP contribution in [0.25, 0.3) is 11.3 Å². The largest absolute Gasteiger partial charge is 0.336 e. The van der Waals surface area contributed by atoms with Crippen LogP contribution in [-0.4, -0.2) is 59.8 Å². The van der Waals surface area contributed by atoms with E-state index in [2.05, 4.69) is 15.2 Å². The molecule has 2 aromatic carbocycles. The van der Waals surface area contributed by atoms with Crippen LogP contribution in [0.3, 0.4) is 0 Å². The molecule has 6 nitrogen and oxygen atoms in total. The first-order valence-corrected chi connectivity index (χ1v) is 11.0. The Labute approximate surface area is 196 Å². The van der Waals surface area contributed by atoms with Gasteiger partial charge in [0.15, 0.2) is 0 Å². The molecular weight excluding hydrogens is 447 g/mol. The molecule has 0 atom stereocenters. The number of rotatable bonds is 4. The van der Waals surface area contributed by atoms with E-state index < -0.39 is 0 Å². The molecule has 4 rings (SSSR count). The summed E-state index contributed by atoms with van der Waals surface area (Å²) in [6.45, 7) is 3.01. The van der Waals surface area contributed by atoms with E-state index in [9.17, 15) is 9.59 Å². The van der Waals surface area contributed by atoms with E-state index in [-0.39, 0.29) is 22.4 Å². The molecule has 8 heteroatoms. The predicted octanol–water partition coefficient (Wildman–Crippen LogP) is 4.70. The second kappa shape index (κ2) is 9.69. The molecule has 0 spiro atoms. The fourth-order valence-corrected chi connectivity index (χ4v) is 4.02. The molecule has 2 heterocycles. The van der Waals surface area contributed by atoms with Gasteiger partial charge in [-0.15, -0.1) is 0 Å². The van der Waals surface area contributed by atoms with Crippen LogP contribution in [0.4, 0.5) is 5.69 Å². The summed E-state index contributed by atoms with van der Waals surface area (Å²) in [4.78, 5) is 33.9. The lowest BCUT2D eigenvalue weighted by Crippen LogP contribution is -2.47. The minimum absolute atomic E-state index is 0.0790. The number of piperazine rings is 1. The minimum Gasteiger partial charge on any atom is -0.336 e.